The summed E-state index contributed by atoms with van der Waals surface area (Å²) in [6, 6.07) is 16.4. The van der Waals surface area contributed by atoms with Crippen LogP contribution in [-0.2, 0) is 9.84 Å². The van der Waals surface area contributed by atoms with Crippen LogP contribution in [0.2, 0.25) is 0 Å². The zero-order chi connectivity index (χ0) is 23.0. The van der Waals surface area contributed by atoms with Crippen LogP contribution in [0, 0.1) is 6.92 Å². The molecule has 3 heterocycles. The van der Waals surface area contributed by atoms with Crippen molar-refractivity contribution in [2.45, 2.75) is 11.8 Å². The number of imidazole rings is 1. The molecule has 0 spiro atoms. The number of benzene rings is 2. The van der Waals surface area contributed by atoms with Crippen molar-refractivity contribution in [3.8, 4) is 22.6 Å². The topological polar surface area (TPSA) is 114 Å². The first-order valence-corrected chi connectivity index (χ1v) is 12.1. The Morgan fingerprint density at radius 2 is 1.82 bits per heavy atom. The number of pyridine rings is 1. The molecule has 5 rings (SSSR count). The molecule has 0 bridgehead atoms. The van der Waals surface area contributed by atoms with Crippen LogP contribution in [0.5, 0.6) is 0 Å². The highest BCUT2D eigenvalue weighted by Crippen LogP contribution is 2.28. The normalized spacial score (nSPS) is 11.6. The summed E-state index contributed by atoms with van der Waals surface area (Å²) in [5.41, 5.74) is 5.74. The number of rotatable bonds is 5. The average Bonchev–Trinajstić information content (AvgIpc) is 3.24. The maximum Gasteiger partial charge on any atom is 0.227 e. The first-order valence-electron chi connectivity index (χ1n) is 10.2. The highest BCUT2D eigenvalue weighted by Gasteiger charge is 2.12. The molecule has 3 aromatic heterocycles. The summed E-state index contributed by atoms with van der Waals surface area (Å²) in [6.45, 7) is 1.99. The van der Waals surface area contributed by atoms with Crippen molar-refractivity contribution >= 4 is 32.5 Å². The molecule has 0 amide bonds. The smallest absolute Gasteiger partial charge is 0.227 e. The van der Waals surface area contributed by atoms with Gasteiger partial charge in [0.05, 0.1) is 21.6 Å². The van der Waals surface area contributed by atoms with Crippen LogP contribution in [0.4, 0.5) is 11.6 Å². The molecule has 0 aliphatic rings. The predicted octanol–water partition coefficient (Wildman–Crippen LogP) is 4.54. The van der Waals surface area contributed by atoms with E-state index in [-0.39, 0.29) is 4.90 Å². The highest BCUT2D eigenvalue weighted by atomic mass is 32.2. The molecule has 9 heteroatoms. The number of H-pyrrole nitrogens is 1. The molecular formula is C24H20N6O2S. The number of sulfone groups is 1. The zero-order valence-corrected chi connectivity index (χ0v) is 18.8. The summed E-state index contributed by atoms with van der Waals surface area (Å²) in [5.74, 6) is 1.11. The third-order valence-electron chi connectivity index (χ3n) is 5.25. The van der Waals surface area contributed by atoms with Crippen LogP contribution >= 0.6 is 0 Å². The number of hydrogen-bond acceptors (Lipinski definition) is 7. The van der Waals surface area contributed by atoms with Gasteiger partial charge in [0.15, 0.2) is 9.84 Å². The van der Waals surface area contributed by atoms with E-state index < -0.39 is 9.84 Å². The third kappa shape index (κ3) is 4.31. The molecule has 0 radical (unpaired) electrons. The maximum atomic E-state index is 11.9. The van der Waals surface area contributed by atoms with Crippen molar-refractivity contribution in [3.05, 3.63) is 78.8 Å². The van der Waals surface area contributed by atoms with Gasteiger partial charge in [0.25, 0.3) is 0 Å². The third-order valence-corrected chi connectivity index (χ3v) is 6.36. The van der Waals surface area contributed by atoms with Crippen molar-refractivity contribution in [3.63, 3.8) is 0 Å². The van der Waals surface area contributed by atoms with Gasteiger partial charge >= 0.3 is 0 Å². The van der Waals surface area contributed by atoms with Gasteiger partial charge in [0.1, 0.15) is 5.82 Å². The Balaban J connectivity index is 1.48. The first kappa shape index (κ1) is 20.8. The van der Waals surface area contributed by atoms with Gasteiger partial charge < -0.3 is 10.3 Å². The SMILES string of the molecule is Cc1ccc(-c2nc3ccc(S(C)(=O)=O)cc3[nH]2)cc1Nc1nccc(-c2cccnc2)n1. The van der Waals surface area contributed by atoms with Gasteiger partial charge in [0.2, 0.25) is 5.95 Å². The lowest BCUT2D eigenvalue weighted by Crippen LogP contribution is -2.00. The van der Waals surface area contributed by atoms with Crippen molar-refractivity contribution in [1.29, 1.82) is 0 Å². The quantitative estimate of drug-likeness (QED) is 0.399. The molecule has 8 nitrogen and oxygen atoms in total. The van der Waals surface area contributed by atoms with E-state index in [1.165, 1.54) is 6.26 Å². The van der Waals surface area contributed by atoms with Crippen molar-refractivity contribution in [2.24, 2.45) is 0 Å². The lowest BCUT2D eigenvalue weighted by atomic mass is 10.1. The standard InChI is InChI=1S/C24H20N6O2S/c1-15-5-6-16(23-27-20-8-7-18(33(2,31)32)13-22(20)28-23)12-21(15)30-24-26-11-9-19(29-24)17-4-3-10-25-14-17/h3-14H,1-2H3,(H,27,28)(H,26,29,30). The van der Waals surface area contributed by atoms with Crippen LogP contribution in [-0.4, -0.2) is 39.6 Å². The van der Waals surface area contributed by atoms with Crippen LogP contribution in [0.15, 0.2) is 78.1 Å². The van der Waals surface area contributed by atoms with Gasteiger partial charge in [-0.25, -0.2) is 23.4 Å². The van der Waals surface area contributed by atoms with Crippen LogP contribution in [0.25, 0.3) is 33.7 Å². The van der Waals surface area contributed by atoms with Crippen LogP contribution in [0.3, 0.4) is 0 Å². The van der Waals surface area contributed by atoms with E-state index in [1.54, 1.807) is 36.8 Å². The first-order chi connectivity index (χ1) is 15.9. The Bertz CT molecular complexity index is 1580. The number of aryl methyl sites for hydroxylation is 1. The lowest BCUT2D eigenvalue weighted by Gasteiger charge is -2.10. The Morgan fingerprint density at radius 1 is 0.939 bits per heavy atom. The van der Waals surface area contributed by atoms with Gasteiger partial charge in [-0.05, 0) is 55.0 Å². The number of nitrogens with zero attached hydrogens (tertiary/aromatic N) is 4. The largest absolute Gasteiger partial charge is 0.338 e. The lowest BCUT2D eigenvalue weighted by molar-refractivity contribution is 0.602. The second kappa shape index (κ2) is 8.10. The van der Waals surface area contributed by atoms with Crippen molar-refractivity contribution < 1.29 is 8.42 Å². The van der Waals surface area contributed by atoms with E-state index in [0.29, 0.717) is 22.8 Å². The van der Waals surface area contributed by atoms with E-state index in [1.807, 2.05) is 43.3 Å². The fraction of sp³-hybridized carbons (Fsp3) is 0.0833. The molecular weight excluding hydrogens is 436 g/mol. The van der Waals surface area contributed by atoms with Crippen LogP contribution < -0.4 is 5.32 Å². The van der Waals surface area contributed by atoms with Gasteiger partial charge in [-0.15, -0.1) is 0 Å². The minimum absolute atomic E-state index is 0.252. The minimum atomic E-state index is -3.30. The van der Waals surface area contributed by atoms with E-state index in [2.05, 4.69) is 30.2 Å². The van der Waals surface area contributed by atoms with E-state index in [4.69, 9.17) is 0 Å². The van der Waals surface area contributed by atoms with Gasteiger partial charge in [-0.3, -0.25) is 4.98 Å². The van der Waals surface area contributed by atoms with Gasteiger partial charge in [0, 0.05) is 41.7 Å². The Morgan fingerprint density at radius 3 is 2.61 bits per heavy atom. The molecule has 0 saturated heterocycles. The van der Waals surface area contributed by atoms with Crippen molar-refractivity contribution in [1.82, 2.24) is 24.9 Å². The van der Waals surface area contributed by atoms with Crippen LogP contribution in [0.1, 0.15) is 5.56 Å². The molecule has 0 unspecified atom stereocenters. The molecule has 5 aromatic rings. The number of fused-ring (bicyclic) bond motifs is 1. The number of nitrogens with one attached hydrogen (secondary N) is 2. The number of aromatic nitrogens is 5. The van der Waals surface area contributed by atoms with E-state index >= 15 is 0 Å². The summed E-state index contributed by atoms with van der Waals surface area (Å²) in [4.78, 5) is 21.2. The maximum absolute atomic E-state index is 11.9. The summed E-state index contributed by atoms with van der Waals surface area (Å²) in [7, 11) is -3.30. The molecule has 2 aromatic carbocycles. The molecule has 2 N–H and O–H groups in total. The second-order valence-electron chi connectivity index (χ2n) is 7.70. The summed E-state index contributed by atoms with van der Waals surface area (Å²) in [6.07, 6.45) is 6.37. The monoisotopic (exact) mass is 456 g/mol. The summed E-state index contributed by atoms with van der Waals surface area (Å²) in [5, 5.41) is 3.29. The van der Waals surface area contributed by atoms with Crippen molar-refractivity contribution in [2.75, 3.05) is 11.6 Å². The number of hydrogen-bond donors (Lipinski definition) is 2. The van der Waals surface area contributed by atoms with E-state index in [9.17, 15) is 8.42 Å². The highest BCUT2D eigenvalue weighted by molar-refractivity contribution is 7.90. The van der Waals surface area contributed by atoms with E-state index in [0.717, 1.165) is 28.1 Å². The molecule has 164 valence electrons. The predicted molar refractivity (Wildman–Crippen MR) is 128 cm³/mol. The average molecular weight is 457 g/mol. The molecule has 0 fully saturated rings. The van der Waals surface area contributed by atoms with Gasteiger partial charge in [-0.2, -0.15) is 0 Å². The summed E-state index contributed by atoms with van der Waals surface area (Å²) < 4.78 is 23.7. The fourth-order valence-corrected chi connectivity index (χ4v) is 4.12. The zero-order valence-electron chi connectivity index (χ0n) is 17.9. The fourth-order valence-electron chi connectivity index (χ4n) is 3.47. The minimum Gasteiger partial charge on any atom is -0.338 e. The molecule has 0 atom stereocenters. The molecule has 0 aliphatic carbocycles. The Kier molecular flexibility index (Phi) is 5.10. The second-order valence-corrected chi connectivity index (χ2v) is 9.71. The number of anilines is 2. The molecule has 0 saturated carbocycles. The molecule has 0 aliphatic heterocycles. The Labute approximate surface area is 190 Å². The Hall–Kier alpha value is -4.11. The molecule has 33 heavy (non-hydrogen) atoms. The van der Waals surface area contributed by atoms with Gasteiger partial charge in [-0.1, -0.05) is 12.1 Å². The number of aromatic amines is 1. The summed E-state index contributed by atoms with van der Waals surface area (Å²) >= 11 is 0.